The van der Waals surface area contributed by atoms with Gasteiger partial charge in [0.25, 0.3) is 0 Å². The lowest BCUT2D eigenvalue weighted by atomic mass is 10.3. The third kappa shape index (κ3) is 3.11. The van der Waals surface area contributed by atoms with Crippen LogP contribution in [0.2, 0.25) is 0 Å². The second-order valence-corrected chi connectivity index (χ2v) is 6.42. The van der Waals surface area contributed by atoms with Crippen LogP contribution < -0.4 is 4.74 Å². The van der Waals surface area contributed by atoms with Gasteiger partial charge in [-0.15, -0.1) is 0 Å². The van der Waals surface area contributed by atoms with Gasteiger partial charge in [-0.2, -0.15) is 4.31 Å². The van der Waals surface area contributed by atoms with E-state index in [0.29, 0.717) is 18.8 Å². The van der Waals surface area contributed by atoms with Gasteiger partial charge in [0.2, 0.25) is 10.0 Å². The third-order valence-corrected chi connectivity index (χ3v) is 5.30. The van der Waals surface area contributed by atoms with Gasteiger partial charge < -0.3 is 14.4 Å². The zero-order chi connectivity index (χ0) is 15.5. The summed E-state index contributed by atoms with van der Waals surface area (Å²) in [5, 5.41) is 0. The fraction of sp³-hybridized carbons (Fsp3) is 0.462. The zero-order valence-corrected chi connectivity index (χ0v) is 12.8. The predicted molar refractivity (Wildman–Crippen MR) is 75.7 cm³/mol. The first-order chi connectivity index (χ1) is 10.0. The summed E-state index contributed by atoms with van der Waals surface area (Å²) in [6, 6.07) is 6.49. The molecule has 2 rings (SSSR count). The van der Waals surface area contributed by atoms with Gasteiger partial charge in [-0.1, -0.05) is 12.1 Å². The Bertz CT molecular complexity index is 609. The SMILES string of the molecule is COC(=O)N1CCN(S(=O)(=O)c2ccccc2OC)CC1. The highest BCUT2D eigenvalue weighted by Crippen LogP contribution is 2.26. The number of hydrogen-bond acceptors (Lipinski definition) is 5. The normalized spacial score (nSPS) is 16.6. The number of ether oxygens (including phenoxy) is 2. The first-order valence-corrected chi connectivity index (χ1v) is 7.90. The molecule has 0 bridgehead atoms. The maximum atomic E-state index is 12.6. The summed E-state index contributed by atoms with van der Waals surface area (Å²) < 4.78 is 36.3. The molecule has 21 heavy (non-hydrogen) atoms. The largest absolute Gasteiger partial charge is 0.495 e. The first kappa shape index (κ1) is 15.6. The van der Waals surface area contributed by atoms with E-state index in [1.165, 1.54) is 29.5 Å². The van der Waals surface area contributed by atoms with Gasteiger partial charge in [0.1, 0.15) is 10.6 Å². The number of piperazine rings is 1. The Labute approximate surface area is 124 Å². The molecule has 1 aliphatic rings. The predicted octanol–water partition coefficient (Wildman–Crippen LogP) is 0.768. The van der Waals surface area contributed by atoms with Crippen molar-refractivity contribution in [1.82, 2.24) is 9.21 Å². The molecule has 1 heterocycles. The van der Waals surface area contributed by atoms with Crippen molar-refractivity contribution in [1.29, 1.82) is 0 Å². The van der Waals surface area contributed by atoms with E-state index in [4.69, 9.17) is 4.74 Å². The number of methoxy groups -OCH3 is 2. The van der Waals surface area contributed by atoms with Crippen LogP contribution in [0.15, 0.2) is 29.2 Å². The summed E-state index contributed by atoms with van der Waals surface area (Å²) >= 11 is 0. The Kier molecular flexibility index (Phi) is 4.69. The van der Waals surface area contributed by atoms with Crippen molar-refractivity contribution in [2.75, 3.05) is 40.4 Å². The Morgan fingerprint density at radius 1 is 1.10 bits per heavy atom. The van der Waals surface area contributed by atoms with Gasteiger partial charge in [0.15, 0.2) is 0 Å². The lowest BCUT2D eigenvalue weighted by Crippen LogP contribution is -2.50. The van der Waals surface area contributed by atoms with E-state index >= 15 is 0 Å². The van der Waals surface area contributed by atoms with Gasteiger partial charge in [0, 0.05) is 26.2 Å². The number of nitrogens with zero attached hydrogens (tertiary/aromatic N) is 2. The number of amides is 1. The van der Waals surface area contributed by atoms with Crippen LogP contribution in [0.5, 0.6) is 5.75 Å². The molecule has 8 heteroatoms. The van der Waals surface area contributed by atoms with Crippen LogP contribution in [0.1, 0.15) is 0 Å². The van der Waals surface area contributed by atoms with Crippen molar-refractivity contribution in [3.8, 4) is 5.75 Å². The minimum absolute atomic E-state index is 0.138. The fourth-order valence-electron chi connectivity index (χ4n) is 2.21. The molecular formula is C13H18N2O5S. The van der Waals surface area contributed by atoms with Crippen LogP contribution in [-0.2, 0) is 14.8 Å². The smallest absolute Gasteiger partial charge is 0.409 e. The lowest BCUT2D eigenvalue weighted by molar-refractivity contribution is 0.108. The van der Waals surface area contributed by atoms with Crippen LogP contribution in [0, 0.1) is 0 Å². The van der Waals surface area contributed by atoms with E-state index in [1.54, 1.807) is 18.2 Å². The molecule has 0 N–H and O–H groups in total. The van der Waals surface area contributed by atoms with E-state index in [9.17, 15) is 13.2 Å². The van der Waals surface area contributed by atoms with Crippen molar-refractivity contribution in [3.63, 3.8) is 0 Å². The van der Waals surface area contributed by atoms with Gasteiger partial charge in [-0.25, -0.2) is 13.2 Å². The van der Waals surface area contributed by atoms with Crippen LogP contribution in [0.3, 0.4) is 0 Å². The minimum Gasteiger partial charge on any atom is -0.495 e. The summed E-state index contributed by atoms with van der Waals surface area (Å²) in [6.45, 7) is 1.08. The number of carbonyl (C=O) groups excluding carboxylic acids is 1. The zero-order valence-electron chi connectivity index (χ0n) is 12.0. The molecule has 0 saturated carbocycles. The molecule has 1 amide bonds. The molecule has 0 aromatic heterocycles. The van der Waals surface area contributed by atoms with Crippen LogP contribution in [0.25, 0.3) is 0 Å². The second kappa shape index (κ2) is 6.31. The van der Waals surface area contributed by atoms with Gasteiger partial charge in [0.05, 0.1) is 14.2 Å². The van der Waals surface area contributed by atoms with E-state index in [2.05, 4.69) is 4.74 Å². The molecule has 0 radical (unpaired) electrons. The molecule has 1 fully saturated rings. The monoisotopic (exact) mass is 314 g/mol. The summed E-state index contributed by atoms with van der Waals surface area (Å²) in [6.07, 6.45) is -0.440. The number of rotatable bonds is 3. The van der Waals surface area contributed by atoms with Gasteiger partial charge >= 0.3 is 6.09 Å². The minimum atomic E-state index is -3.63. The van der Waals surface area contributed by atoms with Crippen LogP contribution in [-0.4, -0.2) is 64.1 Å². The molecule has 116 valence electrons. The number of sulfonamides is 1. The van der Waals surface area contributed by atoms with E-state index in [1.807, 2.05) is 0 Å². The molecule has 7 nitrogen and oxygen atoms in total. The maximum absolute atomic E-state index is 12.6. The lowest BCUT2D eigenvalue weighted by Gasteiger charge is -2.33. The van der Waals surface area contributed by atoms with Gasteiger partial charge in [-0.3, -0.25) is 0 Å². The number of para-hydroxylation sites is 1. The van der Waals surface area contributed by atoms with E-state index in [0.717, 1.165) is 0 Å². The molecule has 1 aromatic rings. The molecule has 0 unspecified atom stereocenters. The highest BCUT2D eigenvalue weighted by atomic mass is 32.2. The first-order valence-electron chi connectivity index (χ1n) is 6.46. The molecule has 0 atom stereocenters. The highest BCUT2D eigenvalue weighted by Gasteiger charge is 2.32. The Morgan fingerprint density at radius 2 is 1.71 bits per heavy atom. The van der Waals surface area contributed by atoms with Crippen molar-refractivity contribution in [2.24, 2.45) is 0 Å². The van der Waals surface area contributed by atoms with E-state index in [-0.39, 0.29) is 18.0 Å². The maximum Gasteiger partial charge on any atom is 0.409 e. The molecular weight excluding hydrogens is 296 g/mol. The standard InChI is InChI=1S/C13H18N2O5S/c1-19-11-5-3-4-6-12(11)21(17,18)15-9-7-14(8-10-15)13(16)20-2/h3-6H,7-10H2,1-2H3. The third-order valence-electron chi connectivity index (χ3n) is 3.36. The van der Waals surface area contributed by atoms with Gasteiger partial charge in [-0.05, 0) is 12.1 Å². The molecule has 1 aliphatic heterocycles. The summed E-state index contributed by atoms with van der Waals surface area (Å²) in [5.74, 6) is 0.313. The molecule has 0 aliphatic carbocycles. The molecule has 1 saturated heterocycles. The summed E-state index contributed by atoms with van der Waals surface area (Å²) in [5.41, 5.74) is 0. The van der Waals surface area contributed by atoms with Crippen LogP contribution in [0.4, 0.5) is 4.79 Å². The van der Waals surface area contributed by atoms with Crippen molar-refractivity contribution < 1.29 is 22.7 Å². The Morgan fingerprint density at radius 3 is 2.29 bits per heavy atom. The van der Waals surface area contributed by atoms with E-state index < -0.39 is 16.1 Å². The number of carbonyl (C=O) groups is 1. The Hall–Kier alpha value is -1.80. The number of benzene rings is 1. The average Bonchev–Trinajstić information content (AvgIpc) is 2.54. The number of hydrogen-bond donors (Lipinski definition) is 0. The quantitative estimate of drug-likeness (QED) is 0.823. The van der Waals surface area contributed by atoms with Crippen LogP contribution >= 0.6 is 0 Å². The highest BCUT2D eigenvalue weighted by molar-refractivity contribution is 7.89. The molecule has 1 aromatic carbocycles. The van der Waals surface area contributed by atoms with Crippen molar-refractivity contribution >= 4 is 16.1 Å². The summed E-state index contributed by atoms with van der Waals surface area (Å²) in [4.78, 5) is 13.0. The fourth-order valence-corrected chi connectivity index (χ4v) is 3.79. The second-order valence-electron chi connectivity index (χ2n) is 4.51. The van der Waals surface area contributed by atoms with Crippen molar-refractivity contribution in [3.05, 3.63) is 24.3 Å². The van der Waals surface area contributed by atoms with Crippen molar-refractivity contribution in [2.45, 2.75) is 4.90 Å². The molecule has 0 spiro atoms. The topological polar surface area (TPSA) is 76.2 Å². The summed E-state index contributed by atoms with van der Waals surface area (Å²) in [7, 11) is -0.891. The Balaban J connectivity index is 2.17. The average molecular weight is 314 g/mol.